The summed E-state index contributed by atoms with van der Waals surface area (Å²) in [5.74, 6) is 2.68. The molecular weight excluding hydrogens is 530 g/mol. The molecule has 1 aliphatic rings. The van der Waals surface area contributed by atoms with E-state index in [-0.39, 0.29) is 19.6 Å². The number of benzene rings is 3. The van der Waals surface area contributed by atoms with Crippen LogP contribution in [0.1, 0.15) is 64.7 Å². The van der Waals surface area contributed by atoms with Gasteiger partial charge >= 0.3 is 5.97 Å². The highest BCUT2D eigenvalue weighted by Gasteiger charge is 2.23. The van der Waals surface area contributed by atoms with Crippen molar-refractivity contribution in [1.29, 1.82) is 0 Å². The van der Waals surface area contributed by atoms with Gasteiger partial charge in [0.1, 0.15) is 18.1 Å². The molecule has 0 amide bonds. The Morgan fingerprint density at radius 2 is 1.36 bits per heavy atom. The Morgan fingerprint density at radius 3 is 1.93 bits per heavy atom. The first kappa shape index (κ1) is 31.0. The molecule has 0 N–H and O–H groups in total. The van der Waals surface area contributed by atoms with Gasteiger partial charge in [-0.3, -0.25) is 4.79 Å². The molecule has 224 valence electrons. The lowest BCUT2D eigenvalue weighted by molar-refractivity contribution is -0.159. The lowest BCUT2D eigenvalue weighted by atomic mass is 9.88. The second-order valence-corrected chi connectivity index (χ2v) is 11.1. The van der Waals surface area contributed by atoms with Crippen LogP contribution in [0.2, 0.25) is 0 Å². The zero-order chi connectivity index (χ0) is 30.1. The number of fused-ring (bicyclic) bond motifs is 1. The predicted molar refractivity (Wildman–Crippen MR) is 166 cm³/mol. The average Bonchev–Trinajstić information content (AvgIpc) is 3.47. The normalized spacial score (nSPS) is 13.1. The Kier molecular flexibility index (Phi) is 10.5. The first-order chi connectivity index (χ1) is 20.2. The van der Waals surface area contributed by atoms with Crippen LogP contribution in [-0.4, -0.2) is 50.7 Å². The van der Waals surface area contributed by atoms with E-state index in [1.165, 1.54) is 5.57 Å². The number of esters is 1. The van der Waals surface area contributed by atoms with E-state index in [2.05, 4.69) is 43.9 Å². The van der Waals surface area contributed by atoms with Crippen LogP contribution in [0.15, 0.2) is 66.7 Å². The van der Waals surface area contributed by atoms with Gasteiger partial charge in [0.05, 0.1) is 5.41 Å². The minimum Gasteiger partial charge on any atom is -0.492 e. The predicted octanol–water partition coefficient (Wildman–Crippen LogP) is 7.43. The zero-order valence-corrected chi connectivity index (χ0v) is 25.7. The fraction of sp³-hybridized carbons (Fsp3) is 0.400. The molecular formula is C35H43NO6. The number of carbonyl (C=O) groups is 1. The van der Waals surface area contributed by atoms with Crippen molar-refractivity contribution in [2.24, 2.45) is 5.41 Å². The van der Waals surface area contributed by atoms with Gasteiger partial charge in [0, 0.05) is 6.54 Å². The number of hydrogen-bond acceptors (Lipinski definition) is 7. The molecule has 0 fully saturated rings. The summed E-state index contributed by atoms with van der Waals surface area (Å²) in [6.45, 7) is 15.6. The molecule has 0 atom stereocenters. The number of ether oxygens (including phenoxy) is 5. The van der Waals surface area contributed by atoms with E-state index in [4.69, 9.17) is 23.7 Å². The molecule has 0 saturated carbocycles. The van der Waals surface area contributed by atoms with Crippen LogP contribution in [0.4, 0.5) is 0 Å². The molecule has 0 aliphatic carbocycles. The van der Waals surface area contributed by atoms with Crippen molar-refractivity contribution in [3.63, 3.8) is 0 Å². The summed E-state index contributed by atoms with van der Waals surface area (Å²) in [5.41, 5.74) is 4.90. The summed E-state index contributed by atoms with van der Waals surface area (Å²) >= 11 is 0. The fourth-order valence-electron chi connectivity index (χ4n) is 4.76. The number of hydrogen-bond donors (Lipinski definition) is 0. The van der Waals surface area contributed by atoms with Gasteiger partial charge in [-0.1, -0.05) is 51.1 Å². The molecule has 0 unspecified atom stereocenters. The van der Waals surface area contributed by atoms with Crippen molar-refractivity contribution in [2.45, 2.75) is 48.0 Å². The van der Waals surface area contributed by atoms with E-state index in [9.17, 15) is 4.79 Å². The van der Waals surface area contributed by atoms with Crippen LogP contribution in [0.3, 0.4) is 0 Å². The molecule has 0 spiro atoms. The summed E-state index contributed by atoms with van der Waals surface area (Å²) in [5, 5.41) is 0. The summed E-state index contributed by atoms with van der Waals surface area (Å²) in [7, 11) is 0. The van der Waals surface area contributed by atoms with Crippen molar-refractivity contribution in [1.82, 2.24) is 4.90 Å². The van der Waals surface area contributed by atoms with Crippen LogP contribution >= 0.6 is 0 Å². The van der Waals surface area contributed by atoms with Gasteiger partial charge in [-0.05, 0) is 105 Å². The molecule has 7 nitrogen and oxygen atoms in total. The van der Waals surface area contributed by atoms with Gasteiger partial charge in [0.2, 0.25) is 13.6 Å². The molecule has 42 heavy (non-hydrogen) atoms. The van der Waals surface area contributed by atoms with Crippen molar-refractivity contribution >= 4 is 17.1 Å². The van der Waals surface area contributed by atoms with Crippen LogP contribution in [0.25, 0.3) is 11.1 Å². The summed E-state index contributed by atoms with van der Waals surface area (Å²) in [6, 6.07) is 22.3. The number of rotatable bonds is 13. The summed E-state index contributed by atoms with van der Waals surface area (Å²) in [6.07, 6.45) is 0.804. The SMILES string of the molecule is CC/C(=C(/c1ccc(OCCN(CC)CC)cc1)c1ccc(OCOC(=O)C(C)(C)C)cc1)c1ccc2c(c1)OCO2. The molecule has 0 bridgehead atoms. The van der Waals surface area contributed by atoms with Gasteiger partial charge in [0.25, 0.3) is 0 Å². The van der Waals surface area contributed by atoms with Gasteiger partial charge in [-0.2, -0.15) is 0 Å². The standard InChI is InChI=1S/C35H43NO6/c1-7-30(27-14-19-31-32(22-27)41-24-40-31)33(25-10-15-28(16-11-25)38-21-20-36(8-2)9-3)26-12-17-29(18-13-26)39-23-42-34(37)35(4,5)6/h10-19,22H,7-9,20-21,23-24H2,1-6H3/b33-30+. The zero-order valence-electron chi connectivity index (χ0n) is 25.7. The average molecular weight is 574 g/mol. The molecule has 1 aliphatic heterocycles. The quantitative estimate of drug-likeness (QED) is 0.120. The van der Waals surface area contributed by atoms with E-state index < -0.39 is 5.41 Å². The highest BCUT2D eigenvalue weighted by molar-refractivity contribution is 5.99. The van der Waals surface area contributed by atoms with Crippen LogP contribution < -0.4 is 18.9 Å². The molecule has 3 aromatic carbocycles. The van der Waals surface area contributed by atoms with E-state index >= 15 is 0 Å². The maximum atomic E-state index is 12.1. The lowest BCUT2D eigenvalue weighted by Crippen LogP contribution is -2.27. The third kappa shape index (κ3) is 7.85. The maximum absolute atomic E-state index is 12.1. The second kappa shape index (κ2) is 14.3. The molecule has 0 radical (unpaired) electrons. The highest BCUT2D eigenvalue weighted by Crippen LogP contribution is 2.40. The van der Waals surface area contributed by atoms with E-state index in [0.717, 1.165) is 65.6 Å². The van der Waals surface area contributed by atoms with Crippen molar-refractivity contribution < 1.29 is 28.5 Å². The third-order valence-electron chi connectivity index (χ3n) is 7.26. The van der Waals surface area contributed by atoms with E-state index in [1.807, 2.05) is 69.3 Å². The molecule has 0 saturated heterocycles. The Morgan fingerprint density at radius 1 is 0.786 bits per heavy atom. The maximum Gasteiger partial charge on any atom is 0.314 e. The Hall–Kier alpha value is -3.97. The Bertz CT molecular complexity index is 1350. The summed E-state index contributed by atoms with van der Waals surface area (Å²) in [4.78, 5) is 14.4. The number of carbonyl (C=O) groups excluding carboxylic acids is 1. The van der Waals surface area contributed by atoms with Gasteiger partial charge in [0.15, 0.2) is 11.5 Å². The number of allylic oxidation sites excluding steroid dienone is 1. The smallest absolute Gasteiger partial charge is 0.314 e. The van der Waals surface area contributed by atoms with Crippen molar-refractivity contribution in [3.05, 3.63) is 83.4 Å². The summed E-state index contributed by atoms with van der Waals surface area (Å²) < 4.78 is 28.3. The Labute approximate surface area is 250 Å². The second-order valence-electron chi connectivity index (χ2n) is 11.1. The molecule has 1 heterocycles. The molecule has 3 aromatic rings. The lowest BCUT2D eigenvalue weighted by Gasteiger charge is -2.19. The van der Waals surface area contributed by atoms with E-state index in [1.54, 1.807) is 0 Å². The first-order valence-corrected chi connectivity index (χ1v) is 14.7. The third-order valence-corrected chi connectivity index (χ3v) is 7.26. The first-order valence-electron chi connectivity index (χ1n) is 14.7. The minimum atomic E-state index is -0.579. The van der Waals surface area contributed by atoms with Crippen LogP contribution in [0.5, 0.6) is 23.0 Å². The molecule has 7 heteroatoms. The van der Waals surface area contributed by atoms with Gasteiger partial charge in [-0.15, -0.1) is 0 Å². The van der Waals surface area contributed by atoms with Crippen molar-refractivity contribution in [3.8, 4) is 23.0 Å². The molecule has 4 rings (SSSR count). The van der Waals surface area contributed by atoms with Crippen molar-refractivity contribution in [2.75, 3.05) is 39.8 Å². The Balaban J connectivity index is 1.61. The van der Waals surface area contributed by atoms with E-state index in [0.29, 0.717) is 12.4 Å². The van der Waals surface area contributed by atoms with Gasteiger partial charge in [-0.25, -0.2) is 0 Å². The monoisotopic (exact) mass is 573 g/mol. The number of nitrogens with zero attached hydrogens (tertiary/aromatic N) is 1. The highest BCUT2D eigenvalue weighted by atomic mass is 16.7. The van der Waals surface area contributed by atoms with Crippen LogP contribution in [-0.2, 0) is 9.53 Å². The fourth-order valence-corrected chi connectivity index (χ4v) is 4.76. The van der Waals surface area contributed by atoms with Crippen LogP contribution in [0, 0.1) is 5.41 Å². The largest absolute Gasteiger partial charge is 0.492 e. The van der Waals surface area contributed by atoms with Gasteiger partial charge < -0.3 is 28.6 Å². The topological polar surface area (TPSA) is 66.5 Å². The molecule has 0 aromatic heterocycles. The minimum absolute atomic E-state index is 0.134. The number of likely N-dealkylation sites (N-methyl/N-ethyl adjacent to an activating group) is 1.